The summed E-state index contributed by atoms with van der Waals surface area (Å²) in [5.41, 5.74) is 10.9. The van der Waals surface area contributed by atoms with E-state index in [9.17, 15) is 73.2 Å². The maximum atomic E-state index is 14.9. The minimum absolute atomic E-state index is 0.00321. The monoisotopic (exact) mass is 1280 g/mol. The zero-order valence-corrected chi connectivity index (χ0v) is 51.4. The average Bonchev–Trinajstić information content (AvgIpc) is 1.20. The average molecular weight is 1280 g/mol. The second-order valence-corrected chi connectivity index (χ2v) is 22.6. The van der Waals surface area contributed by atoms with E-state index in [0.29, 0.717) is 23.1 Å². The second-order valence-electron chi connectivity index (χ2n) is 22.6. The number of amides is 7. The number of aldehydes is 1. The smallest absolute Gasteiger partial charge is 0.317 e. The minimum atomic E-state index is -1.98. The molecule has 2 saturated heterocycles. The highest BCUT2D eigenvalue weighted by Gasteiger charge is 2.43. The predicted octanol–water partition coefficient (Wildman–Crippen LogP) is -2.07. The lowest BCUT2D eigenvalue weighted by molar-refractivity contribution is -0.141. The number of hydrogen-bond acceptors (Lipinski definition) is 18. The fourth-order valence-electron chi connectivity index (χ4n) is 10.7. The Labute approximate surface area is 531 Å². The maximum Gasteiger partial charge on any atom is 0.317 e. The van der Waals surface area contributed by atoms with Gasteiger partial charge >= 0.3 is 17.9 Å². The molecule has 2 fully saturated rings. The number of fused-ring (bicyclic) bond motifs is 1. The third kappa shape index (κ3) is 23.6. The number of guanidine groups is 1. The van der Waals surface area contributed by atoms with Crippen molar-refractivity contribution in [2.75, 3.05) is 117 Å². The molecule has 0 bridgehead atoms. The normalized spacial score (nSPS) is 19.9. The molecule has 7 amide bonds. The van der Waals surface area contributed by atoms with Crippen LogP contribution in [0.1, 0.15) is 53.6 Å². The van der Waals surface area contributed by atoms with Crippen LogP contribution < -0.4 is 48.7 Å². The predicted molar refractivity (Wildman–Crippen MR) is 338 cm³/mol. The number of likely N-dealkylation sites (N-methyl/N-ethyl adjacent to an activating group) is 1. The van der Waals surface area contributed by atoms with Crippen LogP contribution in [0.5, 0.6) is 5.75 Å². The van der Waals surface area contributed by atoms with Crippen molar-refractivity contribution in [3.05, 3.63) is 108 Å². The molecule has 0 saturated carbocycles. The van der Waals surface area contributed by atoms with Crippen LogP contribution in [0, 0.1) is 0 Å². The Kier molecular flexibility index (Phi) is 27.7. The number of rotatable bonds is 26. The van der Waals surface area contributed by atoms with E-state index in [-0.39, 0.29) is 160 Å². The van der Waals surface area contributed by atoms with Gasteiger partial charge in [0.05, 0.1) is 38.8 Å². The lowest BCUT2D eigenvalue weighted by Gasteiger charge is -2.42. The fourth-order valence-corrected chi connectivity index (χ4v) is 10.7. The molecule has 4 aromatic rings. The van der Waals surface area contributed by atoms with Crippen LogP contribution in [0.15, 0.2) is 96.0 Å². The van der Waals surface area contributed by atoms with Gasteiger partial charge in [-0.25, -0.2) is 0 Å². The van der Waals surface area contributed by atoms with Gasteiger partial charge in [-0.3, -0.25) is 82.2 Å². The molecular formula is C62H83N15O15. The summed E-state index contributed by atoms with van der Waals surface area (Å²) in [7, 11) is 1.44. The number of phenolic OH excluding ortho intramolecular Hbond substituents is 1. The number of aromatic hydroxyl groups is 1. The van der Waals surface area contributed by atoms with Crippen LogP contribution in [-0.4, -0.2) is 252 Å². The number of carbonyl (C=O) groups is 11. The van der Waals surface area contributed by atoms with Gasteiger partial charge in [0.2, 0.25) is 35.4 Å². The summed E-state index contributed by atoms with van der Waals surface area (Å²) in [5, 5.41) is 59.7. The molecule has 92 heavy (non-hydrogen) atoms. The largest absolute Gasteiger partial charge is 0.508 e. The molecule has 30 heteroatoms. The molecule has 0 aliphatic carbocycles. The zero-order valence-electron chi connectivity index (χ0n) is 51.4. The van der Waals surface area contributed by atoms with E-state index in [2.05, 4.69) is 42.2 Å². The Morgan fingerprint density at radius 3 is 1.78 bits per heavy atom. The third-order valence-corrected chi connectivity index (χ3v) is 15.7. The number of benzene rings is 4. The van der Waals surface area contributed by atoms with Crippen molar-refractivity contribution < 1.29 is 73.2 Å². The number of carboxylic acid groups (broad SMARTS) is 3. The number of aliphatic imine (C=N–C) groups is 1. The Bertz CT molecular complexity index is 3230. The van der Waals surface area contributed by atoms with Crippen LogP contribution in [0.3, 0.4) is 0 Å². The van der Waals surface area contributed by atoms with Gasteiger partial charge in [0.15, 0.2) is 17.9 Å². The van der Waals surface area contributed by atoms with Crippen LogP contribution in [0.4, 0.5) is 5.69 Å². The first-order chi connectivity index (χ1) is 44.0. The second kappa shape index (κ2) is 35.7. The molecule has 2 aliphatic heterocycles. The first-order valence-electron chi connectivity index (χ1n) is 30.2. The van der Waals surface area contributed by atoms with Crippen molar-refractivity contribution in [1.82, 2.24) is 56.4 Å². The number of nitrogens with one attached hydrogen (secondary N) is 7. The van der Waals surface area contributed by atoms with E-state index < -0.39 is 89.6 Å². The number of phenols is 1. The van der Waals surface area contributed by atoms with Crippen LogP contribution in [0.2, 0.25) is 0 Å². The Balaban J connectivity index is 1.09. The number of anilines is 1. The van der Waals surface area contributed by atoms with Crippen molar-refractivity contribution in [2.45, 2.75) is 68.7 Å². The topological polar surface area (TPSA) is 433 Å². The molecule has 4 aromatic carbocycles. The molecule has 496 valence electrons. The molecule has 0 unspecified atom stereocenters. The Morgan fingerprint density at radius 1 is 0.641 bits per heavy atom. The van der Waals surface area contributed by atoms with Gasteiger partial charge < -0.3 is 69.1 Å². The molecule has 0 radical (unpaired) electrons. The van der Waals surface area contributed by atoms with Crippen molar-refractivity contribution in [1.29, 1.82) is 0 Å². The maximum absolute atomic E-state index is 14.9. The number of carboxylic acids is 3. The number of aliphatic carboxylic acids is 3. The van der Waals surface area contributed by atoms with E-state index in [1.54, 1.807) is 19.6 Å². The summed E-state index contributed by atoms with van der Waals surface area (Å²) in [6.45, 7) is 0.0612. The van der Waals surface area contributed by atoms with Gasteiger partial charge in [-0.15, -0.1) is 0 Å². The molecule has 2 heterocycles. The Morgan fingerprint density at radius 2 is 1.21 bits per heavy atom. The van der Waals surface area contributed by atoms with E-state index in [4.69, 9.17) is 11.5 Å². The summed E-state index contributed by atoms with van der Waals surface area (Å²) in [4.78, 5) is 158. The van der Waals surface area contributed by atoms with Gasteiger partial charge in [-0.2, -0.15) is 0 Å². The van der Waals surface area contributed by atoms with Gasteiger partial charge in [-0.05, 0) is 91.0 Å². The number of carbonyl (C=O) groups excluding carboxylic acids is 8. The molecule has 15 N–H and O–H groups in total. The van der Waals surface area contributed by atoms with E-state index in [1.165, 1.54) is 60.5 Å². The first kappa shape index (κ1) is 71.5. The number of nitrogens with zero attached hydrogens (tertiary/aromatic N) is 6. The van der Waals surface area contributed by atoms with Crippen molar-refractivity contribution in [2.24, 2.45) is 16.5 Å². The lowest BCUT2D eigenvalue weighted by Crippen LogP contribution is -2.68. The highest BCUT2D eigenvalue weighted by Crippen LogP contribution is 2.24. The van der Waals surface area contributed by atoms with Crippen LogP contribution in [0.25, 0.3) is 10.8 Å². The lowest BCUT2D eigenvalue weighted by atomic mass is 9.95. The molecule has 2 aliphatic rings. The quantitative estimate of drug-likeness (QED) is 0.0139. The van der Waals surface area contributed by atoms with Crippen molar-refractivity contribution >= 4 is 88.0 Å². The third-order valence-electron chi connectivity index (χ3n) is 15.7. The van der Waals surface area contributed by atoms with E-state index >= 15 is 0 Å². The number of hydrogen-bond donors (Lipinski definition) is 13. The molecule has 4 atom stereocenters. The summed E-state index contributed by atoms with van der Waals surface area (Å²) < 4.78 is 0. The number of nitrogens with two attached hydrogens (primary N) is 2. The van der Waals surface area contributed by atoms with E-state index in [0.717, 1.165) is 10.8 Å². The van der Waals surface area contributed by atoms with E-state index in [1.807, 2.05) is 42.5 Å². The van der Waals surface area contributed by atoms with Crippen molar-refractivity contribution in [3.8, 4) is 5.75 Å². The Hall–Kier alpha value is -9.62. The first-order valence-corrected chi connectivity index (χ1v) is 30.2. The van der Waals surface area contributed by atoms with Crippen LogP contribution >= 0.6 is 0 Å². The van der Waals surface area contributed by atoms with Gasteiger partial charge in [0.25, 0.3) is 5.91 Å². The summed E-state index contributed by atoms with van der Waals surface area (Å²) in [6, 6.07) is 21.2. The summed E-state index contributed by atoms with van der Waals surface area (Å²) in [5.74, 6) is -7.90. The molecule has 0 aromatic heterocycles. The highest BCUT2D eigenvalue weighted by molar-refractivity contribution is 5.97. The molecule has 0 spiro atoms. The van der Waals surface area contributed by atoms with Gasteiger partial charge in [0.1, 0.15) is 17.8 Å². The molecule has 6 rings (SSSR count). The fraction of sp³-hybridized carbons (Fsp3) is 0.452. The standard InChI is InChI=1S/C62H83N15O15/c1-73-50(9-5-21-66-57(89)44-14-16-46(17-15-44)69-51(80)20-23-65-53(82)36-74-24-26-75(37-54(83)84)28-30-77(39-56(87)88)31-29-76(27-25-74)38-55(85)86)60(92)70-48(8-4-22-67-61(63)64)59(91)71-49(33-42-10-13-43-6-2-3-7-45(43)32-42)58(90)68-35-52(81)72-62(73,40-78)34-41-11-18-47(79)19-12-41/h2-3,6-7,10-19,32,40,48-50,79H,4-5,8-9,20-31,33-39H2,1H3,(H,65,82)(H,66,89)(H,68,90)(H,69,80)(H,70,92)(H,71,91)(H,72,81)(H,83,84)(H,85,86)(H,87,88)(H4,63,64,67)/t48-,49-,50+,62+/m0/s1. The van der Waals surface area contributed by atoms with Crippen LogP contribution in [-0.2, 0) is 60.8 Å². The molecule has 30 nitrogen and oxygen atoms in total. The summed E-state index contributed by atoms with van der Waals surface area (Å²) in [6.07, 6.45) is 0.347. The SMILES string of the molecule is CN1[C@H](CCCNC(=O)c2ccc(NC(=O)CCNC(=O)CN3CCN(CC(=O)O)CCN(CC(=O)O)CCN(CC(=O)O)CC3)cc2)C(=O)N[C@@H](CCCN=C(N)N)C(=O)N[C@@H](Cc2ccc3ccccc3c2)C(=O)NCC(=O)N[C@]1(C=O)Cc1ccc(O)cc1. The minimum Gasteiger partial charge on any atom is -0.508 e. The highest BCUT2D eigenvalue weighted by atomic mass is 16.4. The summed E-state index contributed by atoms with van der Waals surface area (Å²) >= 11 is 0. The van der Waals surface area contributed by atoms with Gasteiger partial charge in [-0.1, -0.05) is 54.6 Å². The van der Waals surface area contributed by atoms with Crippen molar-refractivity contribution in [3.63, 3.8) is 0 Å². The zero-order chi connectivity index (χ0) is 66.7. The molecular weight excluding hydrogens is 1190 g/mol. The van der Waals surface area contributed by atoms with Gasteiger partial charge in [0, 0.05) is 103 Å².